The first-order valence-electron chi connectivity index (χ1n) is 5.02. The summed E-state index contributed by atoms with van der Waals surface area (Å²) < 4.78 is 0. The van der Waals surface area contributed by atoms with Gasteiger partial charge >= 0.3 is 0 Å². The van der Waals surface area contributed by atoms with E-state index < -0.39 is 0 Å². The number of hydrogen-bond acceptors (Lipinski definition) is 3. The van der Waals surface area contributed by atoms with Crippen LogP contribution in [0.15, 0.2) is 0 Å². The molecule has 0 aromatic carbocycles. The van der Waals surface area contributed by atoms with Crippen molar-refractivity contribution in [1.82, 2.24) is 10.8 Å². The molecule has 74 valence electrons. The predicted molar refractivity (Wildman–Crippen MR) is 47.8 cm³/mol. The number of piperidine rings is 1. The van der Waals surface area contributed by atoms with E-state index in [-0.39, 0.29) is 17.9 Å². The molecule has 1 heterocycles. The van der Waals surface area contributed by atoms with Gasteiger partial charge < -0.3 is 5.32 Å². The van der Waals surface area contributed by atoms with Crippen LogP contribution < -0.4 is 10.8 Å². The van der Waals surface area contributed by atoms with Crippen molar-refractivity contribution in [1.29, 1.82) is 0 Å². The summed E-state index contributed by atoms with van der Waals surface area (Å²) in [5.41, 5.74) is 2.55. The van der Waals surface area contributed by atoms with Crippen LogP contribution in [0.3, 0.4) is 0 Å². The lowest BCUT2D eigenvalue weighted by Gasteiger charge is -2.22. The first kappa shape index (κ1) is 8.97. The fourth-order valence-corrected chi connectivity index (χ4v) is 1.48. The Morgan fingerprint density at radius 3 is 2.54 bits per heavy atom. The van der Waals surface area contributed by atoms with Gasteiger partial charge in [0.25, 0.3) is 0 Å². The molecule has 0 atom stereocenters. The summed E-state index contributed by atoms with van der Waals surface area (Å²) in [6.07, 6.45) is 4.25. The minimum atomic E-state index is 0.0681. The Labute approximate surface area is 78.0 Å². The van der Waals surface area contributed by atoms with Crippen LogP contribution in [0.5, 0.6) is 0 Å². The number of nitrogens with one attached hydrogen (secondary N) is 2. The first-order chi connectivity index (χ1) is 6.36. The van der Waals surface area contributed by atoms with Crippen LogP contribution in [-0.2, 0) is 9.63 Å². The molecule has 0 unspecified atom stereocenters. The average molecular weight is 184 g/mol. The van der Waals surface area contributed by atoms with Crippen molar-refractivity contribution in [3.05, 3.63) is 0 Å². The van der Waals surface area contributed by atoms with E-state index in [1.807, 2.05) is 0 Å². The maximum atomic E-state index is 11.2. The van der Waals surface area contributed by atoms with E-state index in [2.05, 4.69) is 10.8 Å². The summed E-state index contributed by atoms with van der Waals surface area (Å²) in [6, 6.07) is 0. The lowest BCUT2D eigenvalue weighted by atomic mass is 10.1. The highest BCUT2D eigenvalue weighted by Crippen LogP contribution is 2.28. The molecule has 1 saturated heterocycles. The molecule has 1 amide bonds. The Balaban J connectivity index is 1.62. The molecule has 1 aliphatic carbocycles. The van der Waals surface area contributed by atoms with Gasteiger partial charge in [-0.15, -0.1) is 0 Å². The van der Waals surface area contributed by atoms with E-state index in [0.29, 0.717) is 0 Å². The van der Waals surface area contributed by atoms with Crippen molar-refractivity contribution in [3.8, 4) is 0 Å². The highest BCUT2D eigenvalue weighted by atomic mass is 16.7. The number of carbonyl (C=O) groups excluding carboxylic acids is 1. The van der Waals surface area contributed by atoms with Crippen LogP contribution in [0.2, 0.25) is 0 Å². The Bertz CT molecular complexity index is 186. The third-order valence-electron chi connectivity index (χ3n) is 2.56. The standard InChI is InChI=1S/C9H16N2O2/c12-9(7-1-2-7)11-13-8-3-5-10-6-4-8/h7-8,10H,1-6H2,(H,11,12). The Kier molecular flexibility index (Phi) is 2.80. The minimum absolute atomic E-state index is 0.0681. The summed E-state index contributed by atoms with van der Waals surface area (Å²) in [5, 5.41) is 3.24. The molecule has 13 heavy (non-hydrogen) atoms. The first-order valence-corrected chi connectivity index (χ1v) is 5.02. The van der Waals surface area contributed by atoms with Crippen LogP contribution >= 0.6 is 0 Å². The SMILES string of the molecule is O=C(NOC1CCNCC1)C1CC1. The summed E-state index contributed by atoms with van der Waals surface area (Å²) in [6.45, 7) is 1.98. The fourth-order valence-electron chi connectivity index (χ4n) is 1.48. The van der Waals surface area contributed by atoms with E-state index in [1.54, 1.807) is 0 Å². The van der Waals surface area contributed by atoms with Gasteiger partial charge in [0.1, 0.15) is 0 Å². The van der Waals surface area contributed by atoms with Crippen molar-refractivity contribution in [2.45, 2.75) is 31.8 Å². The van der Waals surface area contributed by atoms with E-state index in [4.69, 9.17) is 4.84 Å². The van der Waals surface area contributed by atoms with Gasteiger partial charge in [-0.1, -0.05) is 0 Å². The average Bonchev–Trinajstić information content (AvgIpc) is 2.99. The normalized spacial score (nSPS) is 24.3. The second kappa shape index (κ2) is 4.07. The Morgan fingerprint density at radius 1 is 1.23 bits per heavy atom. The molecule has 4 heteroatoms. The summed E-state index contributed by atoms with van der Waals surface area (Å²) in [5.74, 6) is 0.306. The van der Waals surface area contributed by atoms with Crippen LogP contribution in [0.4, 0.5) is 0 Å². The third kappa shape index (κ3) is 2.67. The molecule has 0 aromatic heterocycles. The van der Waals surface area contributed by atoms with Crippen molar-refractivity contribution in [2.24, 2.45) is 5.92 Å². The molecule has 2 fully saturated rings. The van der Waals surface area contributed by atoms with E-state index in [0.717, 1.165) is 38.8 Å². The molecule has 4 nitrogen and oxygen atoms in total. The highest BCUT2D eigenvalue weighted by molar-refractivity contribution is 5.79. The molecular weight excluding hydrogens is 168 g/mol. The Morgan fingerprint density at radius 2 is 1.92 bits per heavy atom. The molecule has 0 radical (unpaired) electrons. The van der Waals surface area contributed by atoms with Crippen molar-refractivity contribution < 1.29 is 9.63 Å². The molecule has 0 aromatic rings. The van der Waals surface area contributed by atoms with E-state index in [9.17, 15) is 4.79 Å². The topological polar surface area (TPSA) is 50.4 Å². The number of rotatable bonds is 3. The molecule has 1 aliphatic heterocycles. The quantitative estimate of drug-likeness (QED) is 0.616. The fraction of sp³-hybridized carbons (Fsp3) is 0.889. The molecule has 2 N–H and O–H groups in total. The minimum Gasteiger partial charge on any atom is -0.317 e. The molecule has 2 aliphatic rings. The molecular formula is C9H16N2O2. The zero-order chi connectivity index (χ0) is 9.10. The smallest absolute Gasteiger partial charge is 0.246 e. The second-order valence-electron chi connectivity index (χ2n) is 3.81. The predicted octanol–water partition coefficient (Wildman–Crippen LogP) is 0.196. The summed E-state index contributed by atoms with van der Waals surface area (Å²) in [4.78, 5) is 16.5. The Hall–Kier alpha value is -0.610. The lowest BCUT2D eigenvalue weighted by molar-refractivity contribution is -0.141. The lowest BCUT2D eigenvalue weighted by Crippen LogP contribution is -2.37. The van der Waals surface area contributed by atoms with Crippen LogP contribution in [-0.4, -0.2) is 25.1 Å². The maximum Gasteiger partial charge on any atom is 0.246 e. The number of amides is 1. The number of hydroxylamine groups is 1. The van der Waals surface area contributed by atoms with Gasteiger partial charge in [-0.2, -0.15) is 0 Å². The van der Waals surface area contributed by atoms with Crippen LogP contribution in [0.1, 0.15) is 25.7 Å². The maximum absolute atomic E-state index is 11.2. The van der Waals surface area contributed by atoms with Gasteiger partial charge in [0.15, 0.2) is 0 Å². The van der Waals surface area contributed by atoms with Gasteiger partial charge in [-0.05, 0) is 38.8 Å². The molecule has 0 spiro atoms. The van der Waals surface area contributed by atoms with E-state index in [1.165, 1.54) is 0 Å². The molecule has 1 saturated carbocycles. The van der Waals surface area contributed by atoms with E-state index >= 15 is 0 Å². The monoisotopic (exact) mass is 184 g/mol. The second-order valence-corrected chi connectivity index (χ2v) is 3.81. The zero-order valence-electron chi connectivity index (χ0n) is 7.71. The number of hydrogen-bond donors (Lipinski definition) is 2. The van der Waals surface area contributed by atoms with Crippen molar-refractivity contribution in [3.63, 3.8) is 0 Å². The van der Waals surface area contributed by atoms with Gasteiger partial charge in [0.2, 0.25) is 5.91 Å². The molecule has 2 rings (SSSR count). The van der Waals surface area contributed by atoms with Gasteiger partial charge in [0.05, 0.1) is 6.10 Å². The van der Waals surface area contributed by atoms with Crippen LogP contribution in [0.25, 0.3) is 0 Å². The van der Waals surface area contributed by atoms with Gasteiger partial charge in [-0.3, -0.25) is 9.63 Å². The van der Waals surface area contributed by atoms with Crippen molar-refractivity contribution >= 4 is 5.91 Å². The zero-order valence-corrected chi connectivity index (χ0v) is 7.71. The summed E-state index contributed by atoms with van der Waals surface area (Å²) in [7, 11) is 0. The molecule has 0 bridgehead atoms. The van der Waals surface area contributed by atoms with Gasteiger partial charge in [0, 0.05) is 5.92 Å². The largest absolute Gasteiger partial charge is 0.317 e. The van der Waals surface area contributed by atoms with Crippen molar-refractivity contribution in [2.75, 3.05) is 13.1 Å². The van der Waals surface area contributed by atoms with Gasteiger partial charge in [-0.25, -0.2) is 5.48 Å². The third-order valence-corrected chi connectivity index (χ3v) is 2.56. The number of carbonyl (C=O) groups is 1. The summed E-state index contributed by atoms with van der Waals surface area (Å²) >= 11 is 0. The highest BCUT2D eigenvalue weighted by Gasteiger charge is 2.30. The van der Waals surface area contributed by atoms with Crippen LogP contribution in [0, 0.1) is 5.92 Å².